The Morgan fingerprint density at radius 2 is 1.67 bits per heavy atom. The highest BCUT2D eigenvalue weighted by Crippen LogP contribution is 2.56. The molecule has 0 aliphatic heterocycles. The van der Waals surface area contributed by atoms with Gasteiger partial charge in [0.05, 0.1) is 5.60 Å². The van der Waals surface area contributed by atoms with E-state index in [1.165, 1.54) is 44.9 Å². The van der Waals surface area contributed by atoms with Crippen LogP contribution in [-0.2, 0) is 0 Å². The highest BCUT2D eigenvalue weighted by Gasteiger charge is 2.56. The van der Waals surface area contributed by atoms with Crippen LogP contribution in [0.5, 0.6) is 0 Å². The molecule has 0 aromatic rings. The second-order valence-electron chi connectivity index (χ2n) is 6.41. The molecule has 0 bridgehead atoms. The van der Waals surface area contributed by atoms with Crippen LogP contribution in [0.3, 0.4) is 0 Å². The Balaban J connectivity index is 1.65. The normalized spacial score (nSPS) is 54.8. The summed E-state index contributed by atoms with van der Waals surface area (Å²) in [5, 5.41) is 10.4. The highest BCUT2D eigenvalue weighted by molar-refractivity contribution is 5.07. The first kappa shape index (κ1) is 10.1. The molecule has 15 heavy (non-hydrogen) atoms. The van der Waals surface area contributed by atoms with E-state index < -0.39 is 0 Å². The number of fused-ring (bicyclic) bond motifs is 1. The Morgan fingerprint density at radius 1 is 1.00 bits per heavy atom. The summed E-state index contributed by atoms with van der Waals surface area (Å²) in [5.74, 6) is 3.22. The molecule has 0 amide bonds. The van der Waals surface area contributed by atoms with Crippen molar-refractivity contribution in [3.63, 3.8) is 0 Å². The van der Waals surface area contributed by atoms with E-state index in [4.69, 9.17) is 0 Å². The number of hydrogen-bond acceptors (Lipinski definition) is 1. The van der Waals surface area contributed by atoms with Crippen molar-refractivity contribution >= 4 is 0 Å². The Labute approximate surface area is 93.3 Å². The van der Waals surface area contributed by atoms with Crippen LogP contribution in [0.2, 0.25) is 0 Å². The third-order valence-corrected chi connectivity index (χ3v) is 5.57. The zero-order chi connectivity index (χ0) is 10.5. The van der Waals surface area contributed by atoms with Gasteiger partial charge >= 0.3 is 0 Å². The summed E-state index contributed by atoms with van der Waals surface area (Å²) >= 11 is 0. The van der Waals surface area contributed by atoms with Gasteiger partial charge in [0.15, 0.2) is 0 Å². The molecule has 0 aromatic carbocycles. The lowest BCUT2D eigenvalue weighted by Crippen LogP contribution is -2.35. The van der Waals surface area contributed by atoms with Gasteiger partial charge in [-0.15, -0.1) is 0 Å². The lowest BCUT2D eigenvalue weighted by atomic mass is 9.66. The molecule has 86 valence electrons. The molecule has 1 nitrogen and oxygen atoms in total. The van der Waals surface area contributed by atoms with Crippen LogP contribution >= 0.6 is 0 Å². The SMILES string of the molecule is CC1CC1(O)C1CCC2CCCCC2C1. The second kappa shape index (κ2) is 3.48. The van der Waals surface area contributed by atoms with Crippen LogP contribution in [0.4, 0.5) is 0 Å². The van der Waals surface area contributed by atoms with Gasteiger partial charge in [-0.2, -0.15) is 0 Å². The van der Waals surface area contributed by atoms with Gasteiger partial charge in [-0.3, -0.25) is 0 Å². The molecule has 3 rings (SSSR count). The van der Waals surface area contributed by atoms with Crippen molar-refractivity contribution in [1.29, 1.82) is 0 Å². The van der Waals surface area contributed by atoms with Gasteiger partial charge in [0.1, 0.15) is 0 Å². The summed E-state index contributed by atoms with van der Waals surface area (Å²) in [5.41, 5.74) is -0.234. The van der Waals surface area contributed by atoms with Gasteiger partial charge in [0.2, 0.25) is 0 Å². The molecule has 5 unspecified atom stereocenters. The van der Waals surface area contributed by atoms with E-state index in [9.17, 15) is 5.11 Å². The smallest absolute Gasteiger partial charge is 0.0705 e. The maximum Gasteiger partial charge on any atom is 0.0705 e. The molecule has 3 fully saturated rings. The zero-order valence-electron chi connectivity index (χ0n) is 9.91. The molecule has 3 aliphatic carbocycles. The van der Waals surface area contributed by atoms with Crippen molar-refractivity contribution in [2.24, 2.45) is 23.7 Å². The van der Waals surface area contributed by atoms with Crippen LogP contribution < -0.4 is 0 Å². The lowest BCUT2D eigenvalue weighted by Gasteiger charge is -2.41. The molecule has 3 aliphatic rings. The Bertz CT molecular complexity index is 250. The van der Waals surface area contributed by atoms with Crippen LogP contribution in [0.25, 0.3) is 0 Å². The predicted octanol–water partition coefficient (Wildman–Crippen LogP) is 3.36. The molecule has 0 aromatic heterocycles. The molecule has 0 radical (unpaired) electrons. The van der Waals surface area contributed by atoms with Crippen molar-refractivity contribution in [3.8, 4) is 0 Å². The van der Waals surface area contributed by atoms with Gasteiger partial charge in [-0.1, -0.05) is 32.6 Å². The van der Waals surface area contributed by atoms with Crippen LogP contribution in [0.1, 0.15) is 58.3 Å². The van der Waals surface area contributed by atoms with Crippen molar-refractivity contribution in [2.75, 3.05) is 0 Å². The molecule has 0 heterocycles. The average molecular weight is 208 g/mol. The monoisotopic (exact) mass is 208 g/mol. The number of hydrogen-bond donors (Lipinski definition) is 1. The van der Waals surface area contributed by atoms with Gasteiger partial charge in [0.25, 0.3) is 0 Å². The first-order chi connectivity index (χ1) is 7.20. The first-order valence-electron chi connectivity index (χ1n) is 6.92. The van der Waals surface area contributed by atoms with Crippen LogP contribution in [0.15, 0.2) is 0 Å². The van der Waals surface area contributed by atoms with E-state index in [1.807, 2.05) is 0 Å². The summed E-state index contributed by atoms with van der Waals surface area (Å²) in [6.07, 6.45) is 11.0. The third-order valence-electron chi connectivity index (χ3n) is 5.57. The predicted molar refractivity (Wildman–Crippen MR) is 61.5 cm³/mol. The van der Waals surface area contributed by atoms with E-state index in [0.717, 1.165) is 18.3 Å². The zero-order valence-corrected chi connectivity index (χ0v) is 9.91. The van der Waals surface area contributed by atoms with Crippen molar-refractivity contribution in [3.05, 3.63) is 0 Å². The van der Waals surface area contributed by atoms with Gasteiger partial charge in [-0.25, -0.2) is 0 Å². The third kappa shape index (κ3) is 1.63. The molecule has 3 saturated carbocycles. The Morgan fingerprint density at radius 3 is 2.33 bits per heavy atom. The van der Waals surface area contributed by atoms with Gasteiger partial charge < -0.3 is 5.11 Å². The minimum Gasteiger partial charge on any atom is -0.389 e. The maximum absolute atomic E-state index is 10.4. The van der Waals surface area contributed by atoms with Crippen LogP contribution in [-0.4, -0.2) is 10.7 Å². The quantitative estimate of drug-likeness (QED) is 0.700. The molecule has 0 saturated heterocycles. The summed E-state index contributed by atoms with van der Waals surface area (Å²) < 4.78 is 0. The van der Waals surface area contributed by atoms with E-state index in [2.05, 4.69) is 6.92 Å². The topological polar surface area (TPSA) is 20.2 Å². The van der Waals surface area contributed by atoms with Gasteiger partial charge in [0, 0.05) is 0 Å². The van der Waals surface area contributed by atoms with Crippen molar-refractivity contribution in [2.45, 2.75) is 63.9 Å². The molecular weight excluding hydrogens is 184 g/mol. The highest BCUT2D eigenvalue weighted by atomic mass is 16.3. The van der Waals surface area contributed by atoms with Gasteiger partial charge in [-0.05, 0) is 49.4 Å². The van der Waals surface area contributed by atoms with E-state index in [-0.39, 0.29) is 5.60 Å². The fraction of sp³-hybridized carbons (Fsp3) is 1.00. The molecular formula is C14H24O. The largest absolute Gasteiger partial charge is 0.389 e. The van der Waals surface area contributed by atoms with Crippen molar-refractivity contribution in [1.82, 2.24) is 0 Å². The van der Waals surface area contributed by atoms with E-state index in [0.29, 0.717) is 11.8 Å². The molecule has 1 heteroatoms. The fourth-order valence-corrected chi connectivity index (χ4v) is 4.33. The summed E-state index contributed by atoms with van der Waals surface area (Å²) in [4.78, 5) is 0. The molecule has 1 N–H and O–H groups in total. The average Bonchev–Trinajstić information content (AvgIpc) is 2.88. The molecule has 0 spiro atoms. The summed E-state index contributed by atoms with van der Waals surface area (Å²) in [6, 6.07) is 0. The van der Waals surface area contributed by atoms with Crippen molar-refractivity contribution < 1.29 is 5.11 Å². The summed E-state index contributed by atoms with van der Waals surface area (Å²) in [7, 11) is 0. The molecule has 5 atom stereocenters. The standard InChI is InChI=1S/C14H24O/c1-10-9-14(10,15)13-7-6-11-4-2-3-5-12(11)8-13/h10-13,15H,2-9H2,1H3. The first-order valence-corrected chi connectivity index (χ1v) is 6.92. The number of aliphatic hydroxyl groups is 1. The van der Waals surface area contributed by atoms with E-state index >= 15 is 0 Å². The maximum atomic E-state index is 10.4. The summed E-state index contributed by atoms with van der Waals surface area (Å²) in [6.45, 7) is 2.22. The minimum absolute atomic E-state index is 0.234. The second-order valence-corrected chi connectivity index (χ2v) is 6.41. The minimum atomic E-state index is -0.234. The number of rotatable bonds is 1. The Kier molecular flexibility index (Phi) is 2.35. The fourth-order valence-electron chi connectivity index (χ4n) is 4.33. The van der Waals surface area contributed by atoms with Crippen LogP contribution in [0, 0.1) is 23.7 Å². The van der Waals surface area contributed by atoms with E-state index in [1.54, 1.807) is 0 Å². The Hall–Kier alpha value is -0.0400. The lowest BCUT2D eigenvalue weighted by molar-refractivity contribution is 0.00908.